The van der Waals surface area contributed by atoms with E-state index in [0.29, 0.717) is 17.4 Å². The van der Waals surface area contributed by atoms with Gasteiger partial charge in [0.1, 0.15) is 0 Å². The van der Waals surface area contributed by atoms with Gasteiger partial charge in [0.15, 0.2) is 0 Å². The van der Waals surface area contributed by atoms with Crippen LogP contribution >= 0.6 is 11.8 Å². The van der Waals surface area contributed by atoms with Crippen molar-refractivity contribution in [2.24, 2.45) is 14.1 Å². The van der Waals surface area contributed by atoms with Gasteiger partial charge in [0.2, 0.25) is 0 Å². The molecule has 1 aromatic rings. The van der Waals surface area contributed by atoms with Crippen molar-refractivity contribution in [2.45, 2.75) is 18.4 Å². The zero-order valence-electron chi connectivity index (χ0n) is 10.6. The lowest BCUT2D eigenvalue weighted by molar-refractivity contribution is -0.142. The van der Waals surface area contributed by atoms with E-state index >= 15 is 0 Å². The van der Waals surface area contributed by atoms with Crippen molar-refractivity contribution < 1.29 is 9.53 Å². The van der Waals surface area contributed by atoms with E-state index in [-0.39, 0.29) is 23.6 Å². The third-order valence-corrected chi connectivity index (χ3v) is 3.44. The summed E-state index contributed by atoms with van der Waals surface area (Å²) >= 11 is 1.29. The van der Waals surface area contributed by atoms with E-state index < -0.39 is 0 Å². The molecule has 0 bridgehead atoms. The highest BCUT2D eigenvalue weighted by Gasteiger charge is 2.08. The van der Waals surface area contributed by atoms with Crippen molar-refractivity contribution in [1.82, 2.24) is 9.13 Å². The van der Waals surface area contributed by atoms with Crippen molar-refractivity contribution in [2.75, 3.05) is 12.4 Å². The average molecular weight is 272 g/mol. The van der Waals surface area contributed by atoms with E-state index in [0.717, 1.165) is 4.57 Å². The van der Waals surface area contributed by atoms with Crippen molar-refractivity contribution in [3.8, 4) is 0 Å². The number of hydrogen-bond donors (Lipinski definition) is 0. The summed E-state index contributed by atoms with van der Waals surface area (Å²) in [5.41, 5.74) is -0.724. The first-order chi connectivity index (χ1) is 8.47. The Balaban J connectivity index is 2.72. The smallest absolute Gasteiger partial charge is 0.331 e. The highest BCUT2D eigenvalue weighted by Crippen LogP contribution is 2.14. The van der Waals surface area contributed by atoms with Gasteiger partial charge >= 0.3 is 11.7 Å². The minimum atomic E-state index is -0.374. The van der Waals surface area contributed by atoms with E-state index in [4.69, 9.17) is 4.74 Å². The summed E-state index contributed by atoms with van der Waals surface area (Å²) < 4.78 is 7.21. The van der Waals surface area contributed by atoms with Crippen LogP contribution < -0.4 is 11.2 Å². The first-order valence-corrected chi connectivity index (χ1v) is 6.51. The molecule has 100 valence electrons. The minimum absolute atomic E-state index is 0.252. The Morgan fingerprint density at radius 1 is 1.33 bits per heavy atom. The van der Waals surface area contributed by atoms with Crippen LogP contribution in [-0.2, 0) is 23.6 Å². The van der Waals surface area contributed by atoms with Crippen LogP contribution in [0.25, 0.3) is 0 Å². The fraction of sp³-hybridized carbons (Fsp3) is 0.545. The van der Waals surface area contributed by atoms with Crippen LogP contribution in [0.4, 0.5) is 0 Å². The van der Waals surface area contributed by atoms with E-state index in [2.05, 4.69) is 0 Å². The van der Waals surface area contributed by atoms with Gasteiger partial charge in [0.05, 0.1) is 18.1 Å². The lowest BCUT2D eigenvalue weighted by Gasteiger charge is -2.08. The number of thioether (sulfide) groups is 1. The highest BCUT2D eigenvalue weighted by atomic mass is 32.2. The fourth-order valence-corrected chi connectivity index (χ4v) is 2.26. The molecule has 6 nitrogen and oxygen atoms in total. The molecule has 1 aromatic heterocycles. The van der Waals surface area contributed by atoms with Gasteiger partial charge in [-0.15, -0.1) is 11.8 Å². The van der Waals surface area contributed by atoms with Crippen LogP contribution in [0.3, 0.4) is 0 Å². The summed E-state index contributed by atoms with van der Waals surface area (Å²) in [7, 11) is 3.02. The third kappa shape index (κ3) is 3.49. The van der Waals surface area contributed by atoms with Crippen LogP contribution in [0, 0.1) is 0 Å². The van der Waals surface area contributed by atoms with Gasteiger partial charge in [-0.3, -0.25) is 18.7 Å². The first kappa shape index (κ1) is 14.6. The summed E-state index contributed by atoms with van der Waals surface area (Å²) in [4.78, 5) is 34.2. The van der Waals surface area contributed by atoms with Crippen molar-refractivity contribution in [3.05, 3.63) is 26.9 Å². The normalized spacial score (nSPS) is 10.4. The predicted molar refractivity (Wildman–Crippen MR) is 68.9 cm³/mol. The Hall–Kier alpha value is -1.50. The van der Waals surface area contributed by atoms with Crippen LogP contribution in [0.2, 0.25) is 0 Å². The summed E-state index contributed by atoms with van der Waals surface area (Å²) in [6, 6.07) is 1.39. The number of ether oxygens (including phenoxy) is 1. The quantitative estimate of drug-likeness (QED) is 0.433. The molecule has 0 spiro atoms. The molecule has 0 unspecified atom stereocenters. The van der Waals surface area contributed by atoms with Crippen molar-refractivity contribution in [1.29, 1.82) is 0 Å². The van der Waals surface area contributed by atoms with E-state index in [1.807, 2.05) is 0 Å². The summed E-state index contributed by atoms with van der Waals surface area (Å²) in [6.45, 7) is 2.10. The Labute approximate surface area is 109 Å². The Morgan fingerprint density at radius 3 is 2.61 bits per heavy atom. The number of carbonyl (C=O) groups excluding carboxylic acids is 1. The second-order valence-electron chi connectivity index (χ2n) is 3.62. The summed E-state index contributed by atoms with van der Waals surface area (Å²) in [5, 5.41) is 0.549. The SMILES string of the molecule is CCOC(=O)CCSc1cc(=O)n(C)c(=O)n1C. The maximum Gasteiger partial charge on any atom is 0.331 e. The zero-order valence-corrected chi connectivity index (χ0v) is 11.5. The molecule has 0 saturated heterocycles. The van der Waals surface area contributed by atoms with Gasteiger partial charge in [-0.1, -0.05) is 0 Å². The van der Waals surface area contributed by atoms with E-state index in [9.17, 15) is 14.4 Å². The number of nitrogens with zero attached hydrogens (tertiary/aromatic N) is 2. The van der Waals surface area contributed by atoms with Crippen LogP contribution in [-0.4, -0.2) is 27.5 Å². The molecular weight excluding hydrogens is 256 g/mol. The fourth-order valence-electron chi connectivity index (χ4n) is 1.32. The predicted octanol–water partition coefficient (Wildman–Crippen LogP) is 0.129. The maximum absolute atomic E-state index is 11.6. The molecule has 18 heavy (non-hydrogen) atoms. The molecule has 7 heteroatoms. The summed E-state index contributed by atoms with van der Waals surface area (Å²) in [5.74, 6) is 0.193. The van der Waals surface area contributed by atoms with Crippen molar-refractivity contribution >= 4 is 17.7 Å². The zero-order chi connectivity index (χ0) is 13.7. The number of carbonyl (C=O) groups is 1. The Kier molecular flexibility index (Phi) is 5.21. The molecule has 1 rings (SSSR count). The lowest BCUT2D eigenvalue weighted by atomic mass is 10.5. The first-order valence-electron chi connectivity index (χ1n) is 5.52. The number of esters is 1. The van der Waals surface area contributed by atoms with Gasteiger partial charge in [-0.05, 0) is 6.92 Å². The summed E-state index contributed by atoms with van der Waals surface area (Å²) in [6.07, 6.45) is 0.252. The standard InChI is InChI=1S/C11H16N2O4S/c1-4-17-10(15)5-6-18-9-7-8(14)12(2)11(16)13(9)3/h7H,4-6H2,1-3H3. The molecule has 1 heterocycles. The van der Waals surface area contributed by atoms with Gasteiger partial charge < -0.3 is 4.74 Å². The third-order valence-electron chi connectivity index (χ3n) is 2.34. The molecule has 0 aromatic carbocycles. The molecular formula is C11H16N2O4S. The van der Waals surface area contributed by atoms with Crippen LogP contribution in [0.15, 0.2) is 20.7 Å². The van der Waals surface area contributed by atoms with Gasteiger partial charge in [-0.2, -0.15) is 0 Å². The monoisotopic (exact) mass is 272 g/mol. The molecule has 0 atom stereocenters. The number of aromatic nitrogens is 2. The highest BCUT2D eigenvalue weighted by molar-refractivity contribution is 7.99. The topological polar surface area (TPSA) is 70.3 Å². The number of hydrogen-bond acceptors (Lipinski definition) is 5. The minimum Gasteiger partial charge on any atom is -0.466 e. The molecule has 0 aliphatic rings. The molecule has 0 N–H and O–H groups in total. The molecule has 0 saturated carbocycles. The molecule has 0 fully saturated rings. The number of rotatable bonds is 5. The van der Waals surface area contributed by atoms with Gasteiger partial charge in [-0.25, -0.2) is 4.79 Å². The second-order valence-corrected chi connectivity index (χ2v) is 4.74. The van der Waals surface area contributed by atoms with Gasteiger partial charge in [0.25, 0.3) is 5.56 Å². The average Bonchev–Trinajstić information content (AvgIpc) is 2.33. The molecule has 0 amide bonds. The maximum atomic E-state index is 11.6. The second kappa shape index (κ2) is 6.44. The van der Waals surface area contributed by atoms with Crippen molar-refractivity contribution in [3.63, 3.8) is 0 Å². The van der Waals surface area contributed by atoms with E-state index in [1.165, 1.54) is 29.4 Å². The largest absolute Gasteiger partial charge is 0.466 e. The van der Waals surface area contributed by atoms with Gasteiger partial charge in [0, 0.05) is 25.9 Å². The molecule has 0 aliphatic carbocycles. The van der Waals surface area contributed by atoms with Crippen LogP contribution in [0.5, 0.6) is 0 Å². The van der Waals surface area contributed by atoms with Crippen LogP contribution in [0.1, 0.15) is 13.3 Å². The lowest BCUT2D eigenvalue weighted by Crippen LogP contribution is -2.37. The molecule has 0 radical (unpaired) electrons. The molecule has 0 aliphatic heterocycles. The Morgan fingerprint density at radius 2 is 2.00 bits per heavy atom. The van der Waals surface area contributed by atoms with E-state index in [1.54, 1.807) is 14.0 Å². The Bertz CT molecular complexity index is 547.